The molecule has 3 heteroatoms. The Labute approximate surface area is 119 Å². The van der Waals surface area contributed by atoms with Crippen LogP contribution in [0.4, 0.5) is 0 Å². The molecule has 0 aliphatic heterocycles. The van der Waals surface area contributed by atoms with Crippen molar-refractivity contribution in [2.24, 2.45) is 0 Å². The van der Waals surface area contributed by atoms with Gasteiger partial charge in [0.25, 0.3) is 0 Å². The van der Waals surface area contributed by atoms with Gasteiger partial charge in [-0.2, -0.15) is 0 Å². The summed E-state index contributed by atoms with van der Waals surface area (Å²) in [5.41, 5.74) is 1.91. The summed E-state index contributed by atoms with van der Waals surface area (Å²) in [6, 6.07) is 17.1. The molecule has 0 aromatic heterocycles. The van der Waals surface area contributed by atoms with Crippen molar-refractivity contribution in [3.05, 3.63) is 65.7 Å². The van der Waals surface area contributed by atoms with Gasteiger partial charge in [-0.25, -0.2) is 0 Å². The quantitative estimate of drug-likeness (QED) is 0.779. The van der Waals surface area contributed by atoms with Crippen molar-refractivity contribution < 1.29 is 14.3 Å². The fraction of sp³-hybridized carbons (Fsp3) is 0.235. The van der Waals surface area contributed by atoms with E-state index < -0.39 is 0 Å². The van der Waals surface area contributed by atoms with Crippen LogP contribution in [0.1, 0.15) is 24.0 Å². The maximum atomic E-state index is 12.0. The molecule has 1 atom stereocenters. The van der Waals surface area contributed by atoms with Gasteiger partial charge in [-0.1, -0.05) is 42.5 Å². The van der Waals surface area contributed by atoms with Crippen molar-refractivity contribution in [1.29, 1.82) is 0 Å². The van der Waals surface area contributed by atoms with E-state index in [0.717, 1.165) is 16.9 Å². The van der Waals surface area contributed by atoms with Gasteiger partial charge in [0.1, 0.15) is 12.4 Å². The minimum atomic E-state index is -0.255. The van der Waals surface area contributed by atoms with Crippen LogP contribution in [0, 0.1) is 0 Å². The average molecular weight is 270 g/mol. The molecule has 3 nitrogen and oxygen atoms in total. The highest BCUT2D eigenvalue weighted by atomic mass is 16.5. The summed E-state index contributed by atoms with van der Waals surface area (Å²) < 4.78 is 10.4. The molecule has 0 aliphatic carbocycles. The zero-order valence-electron chi connectivity index (χ0n) is 11.7. The predicted octanol–water partition coefficient (Wildman–Crippen LogP) is 3.54. The monoisotopic (exact) mass is 270 g/mol. The highest BCUT2D eigenvalue weighted by molar-refractivity contribution is 5.77. The van der Waals surface area contributed by atoms with E-state index >= 15 is 0 Å². The van der Waals surface area contributed by atoms with E-state index in [-0.39, 0.29) is 18.5 Å². The van der Waals surface area contributed by atoms with Crippen LogP contribution in [0.25, 0.3) is 0 Å². The Balaban J connectivity index is 1.91. The summed E-state index contributed by atoms with van der Waals surface area (Å²) in [5, 5.41) is 0. The molecule has 0 spiro atoms. The first-order valence-corrected chi connectivity index (χ1v) is 6.55. The summed E-state index contributed by atoms with van der Waals surface area (Å²) in [5.74, 6) is 0.319. The van der Waals surface area contributed by atoms with E-state index in [4.69, 9.17) is 9.47 Å². The number of ether oxygens (including phenoxy) is 2. The molecule has 0 amide bonds. The van der Waals surface area contributed by atoms with Crippen molar-refractivity contribution in [3.63, 3.8) is 0 Å². The summed E-state index contributed by atoms with van der Waals surface area (Å²) >= 11 is 0. The Kier molecular flexibility index (Phi) is 4.77. The van der Waals surface area contributed by atoms with E-state index in [0.29, 0.717) is 0 Å². The lowest BCUT2D eigenvalue weighted by Gasteiger charge is -2.12. The molecule has 2 rings (SSSR count). The molecule has 0 unspecified atom stereocenters. The van der Waals surface area contributed by atoms with Crippen molar-refractivity contribution >= 4 is 5.97 Å². The lowest BCUT2D eigenvalue weighted by Crippen LogP contribution is -2.13. The van der Waals surface area contributed by atoms with Crippen molar-refractivity contribution in [1.82, 2.24) is 0 Å². The van der Waals surface area contributed by atoms with Crippen molar-refractivity contribution in [2.75, 3.05) is 7.11 Å². The van der Waals surface area contributed by atoms with Crippen molar-refractivity contribution in [2.45, 2.75) is 19.4 Å². The van der Waals surface area contributed by atoms with Crippen LogP contribution in [0.5, 0.6) is 5.75 Å². The predicted molar refractivity (Wildman–Crippen MR) is 77.6 cm³/mol. The highest BCUT2D eigenvalue weighted by Crippen LogP contribution is 2.18. The standard InChI is InChI=1S/C17H18O3/c1-13(15-6-4-3-5-7-15)17(18)20-12-14-8-10-16(19-2)11-9-14/h3-11,13H,12H2,1-2H3/t13-/m1/s1. The van der Waals surface area contributed by atoms with Gasteiger partial charge in [0.2, 0.25) is 0 Å². The Bertz CT molecular complexity index is 546. The van der Waals surface area contributed by atoms with Gasteiger partial charge in [-0.15, -0.1) is 0 Å². The molecule has 0 radical (unpaired) electrons. The lowest BCUT2D eigenvalue weighted by molar-refractivity contribution is -0.146. The second-order valence-electron chi connectivity index (χ2n) is 4.59. The third-order valence-electron chi connectivity index (χ3n) is 3.19. The highest BCUT2D eigenvalue weighted by Gasteiger charge is 2.16. The first kappa shape index (κ1) is 14.1. The Hall–Kier alpha value is -2.29. The van der Waals surface area contributed by atoms with Crippen LogP contribution in [0.3, 0.4) is 0 Å². The second kappa shape index (κ2) is 6.75. The normalized spacial score (nSPS) is 11.7. The molecule has 0 aliphatic rings. The molecular weight excluding hydrogens is 252 g/mol. The van der Waals surface area contributed by atoms with Crippen LogP contribution in [0.2, 0.25) is 0 Å². The Morgan fingerprint density at radius 3 is 2.30 bits per heavy atom. The number of esters is 1. The van der Waals surface area contributed by atoms with E-state index in [9.17, 15) is 4.79 Å². The molecule has 104 valence electrons. The van der Waals surface area contributed by atoms with Crippen LogP contribution in [0.15, 0.2) is 54.6 Å². The molecule has 2 aromatic rings. The number of rotatable bonds is 5. The summed E-state index contributed by atoms with van der Waals surface area (Å²) in [6.45, 7) is 2.13. The maximum absolute atomic E-state index is 12.0. The fourth-order valence-electron chi connectivity index (χ4n) is 1.88. The van der Waals surface area contributed by atoms with Gasteiger partial charge in [0.05, 0.1) is 13.0 Å². The number of carbonyl (C=O) groups excluding carboxylic acids is 1. The topological polar surface area (TPSA) is 35.5 Å². The minimum Gasteiger partial charge on any atom is -0.497 e. The molecule has 0 heterocycles. The first-order valence-electron chi connectivity index (χ1n) is 6.55. The maximum Gasteiger partial charge on any atom is 0.313 e. The number of hydrogen-bond acceptors (Lipinski definition) is 3. The van der Waals surface area contributed by atoms with Crippen LogP contribution in [-0.4, -0.2) is 13.1 Å². The SMILES string of the molecule is COc1ccc(COC(=O)[C@H](C)c2ccccc2)cc1. The molecule has 0 fully saturated rings. The van der Waals surface area contributed by atoms with E-state index in [1.807, 2.05) is 61.5 Å². The van der Waals surface area contributed by atoms with Gasteiger partial charge in [0, 0.05) is 0 Å². The average Bonchev–Trinajstić information content (AvgIpc) is 2.53. The molecule has 20 heavy (non-hydrogen) atoms. The van der Waals surface area contributed by atoms with Crippen molar-refractivity contribution in [3.8, 4) is 5.75 Å². The van der Waals surface area contributed by atoms with E-state index in [1.165, 1.54) is 0 Å². The van der Waals surface area contributed by atoms with Crippen LogP contribution in [-0.2, 0) is 16.1 Å². The van der Waals surface area contributed by atoms with Gasteiger partial charge in [-0.3, -0.25) is 4.79 Å². The number of benzene rings is 2. The number of hydrogen-bond donors (Lipinski definition) is 0. The molecule has 0 saturated heterocycles. The molecule has 0 bridgehead atoms. The molecule has 0 N–H and O–H groups in total. The number of methoxy groups -OCH3 is 1. The zero-order valence-corrected chi connectivity index (χ0v) is 11.7. The Morgan fingerprint density at radius 2 is 1.70 bits per heavy atom. The molecule has 0 saturated carbocycles. The smallest absolute Gasteiger partial charge is 0.313 e. The van der Waals surface area contributed by atoms with Crippen LogP contribution < -0.4 is 4.74 Å². The second-order valence-corrected chi connectivity index (χ2v) is 4.59. The van der Waals surface area contributed by atoms with Crippen LogP contribution >= 0.6 is 0 Å². The van der Waals surface area contributed by atoms with E-state index in [2.05, 4.69) is 0 Å². The first-order chi connectivity index (χ1) is 9.70. The third kappa shape index (κ3) is 3.60. The summed E-state index contributed by atoms with van der Waals surface area (Å²) in [4.78, 5) is 12.0. The number of carbonyl (C=O) groups is 1. The third-order valence-corrected chi connectivity index (χ3v) is 3.19. The largest absolute Gasteiger partial charge is 0.497 e. The molecular formula is C17H18O3. The summed E-state index contributed by atoms with van der Waals surface area (Å²) in [6.07, 6.45) is 0. The van der Waals surface area contributed by atoms with E-state index in [1.54, 1.807) is 7.11 Å². The van der Waals surface area contributed by atoms with Gasteiger partial charge >= 0.3 is 5.97 Å². The summed E-state index contributed by atoms with van der Waals surface area (Å²) in [7, 11) is 1.62. The minimum absolute atomic E-state index is 0.216. The Morgan fingerprint density at radius 1 is 1.05 bits per heavy atom. The lowest BCUT2D eigenvalue weighted by atomic mass is 10.0. The molecule has 2 aromatic carbocycles. The van der Waals surface area contributed by atoms with Gasteiger partial charge < -0.3 is 9.47 Å². The zero-order chi connectivity index (χ0) is 14.4. The fourth-order valence-corrected chi connectivity index (χ4v) is 1.88. The van der Waals surface area contributed by atoms with Gasteiger partial charge in [0.15, 0.2) is 0 Å². The van der Waals surface area contributed by atoms with Gasteiger partial charge in [-0.05, 0) is 30.2 Å².